The number of phosphoric ester groups is 1. The molecule has 0 aromatic heterocycles. The van der Waals surface area contributed by atoms with E-state index in [0.29, 0.717) is 6.42 Å². The number of carbonyl (C=O) groups excluding carboxylic acids is 2. The molecule has 0 spiro atoms. The van der Waals surface area contributed by atoms with Gasteiger partial charge in [-0.15, -0.1) is 0 Å². The van der Waals surface area contributed by atoms with Crippen LogP contribution in [0.3, 0.4) is 0 Å². The molecule has 0 heterocycles. The van der Waals surface area contributed by atoms with E-state index in [1.54, 1.807) is 0 Å². The second-order valence-electron chi connectivity index (χ2n) is 23.0. The van der Waals surface area contributed by atoms with Crippen LogP contribution in [0.4, 0.5) is 0 Å². The van der Waals surface area contributed by atoms with E-state index in [4.69, 9.17) is 24.3 Å². The molecule has 3 N–H and O–H groups in total. The van der Waals surface area contributed by atoms with Gasteiger partial charge in [-0.3, -0.25) is 18.6 Å². The summed E-state index contributed by atoms with van der Waals surface area (Å²) >= 11 is 0. The van der Waals surface area contributed by atoms with Gasteiger partial charge in [0.1, 0.15) is 6.61 Å². The number of carbonyl (C=O) groups is 2. The van der Waals surface area contributed by atoms with E-state index in [0.717, 1.165) is 109 Å². The lowest BCUT2D eigenvalue weighted by Gasteiger charge is -2.19. The highest BCUT2D eigenvalue weighted by molar-refractivity contribution is 7.47. The van der Waals surface area contributed by atoms with Gasteiger partial charge in [0.05, 0.1) is 13.2 Å². The van der Waals surface area contributed by atoms with Crippen molar-refractivity contribution < 1.29 is 37.6 Å². The second kappa shape index (κ2) is 69.5. The Kier molecular flexibility index (Phi) is 66.6. The van der Waals surface area contributed by atoms with Crippen LogP contribution in [0, 0.1) is 0 Å². The van der Waals surface area contributed by atoms with Crippen LogP contribution >= 0.6 is 7.82 Å². The molecule has 0 aliphatic carbocycles. The van der Waals surface area contributed by atoms with E-state index >= 15 is 0 Å². The third-order valence-electron chi connectivity index (χ3n) is 14.9. The summed E-state index contributed by atoms with van der Waals surface area (Å²) in [5, 5.41) is 0. The molecule has 0 amide bonds. The van der Waals surface area contributed by atoms with E-state index in [9.17, 15) is 19.0 Å². The largest absolute Gasteiger partial charge is 0.472 e. The molecule has 2 atom stereocenters. The minimum absolute atomic E-state index is 0.0495. The van der Waals surface area contributed by atoms with Crippen LogP contribution in [0.25, 0.3) is 0 Å². The fraction of sp³-hybridized carbons (Fsp3) is 0.707. The molecule has 0 aliphatic rings. The molecule has 85 heavy (non-hydrogen) atoms. The molecule has 488 valence electrons. The molecular weight excluding hydrogens is 1070 g/mol. The first-order valence-corrected chi connectivity index (χ1v) is 36.5. The summed E-state index contributed by atoms with van der Waals surface area (Å²) in [7, 11) is -4.40. The number of phosphoric acid groups is 1. The Morgan fingerprint density at radius 3 is 0.965 bits per heavy atom. The Balaban J connectivity index is 3.92. The summed E-state index contributed by atoms with van der Waals surface area (Å²) < 4.78 is 33.2. The summed E-state index contributed by atoms with van der Waals surface area (Å²) in [6.45, 7) is 3.66. The molecule has 2 unspecified atom stereocenters. The van der Waals surface area contributed by atoms with Gasteiger partial charge < -0.3 is 20.1 Å². The molecular formula is C75H130NO8P. The summed E-state index contributed by atoms with van der Waals surface area (Å²) in [5.74, 6) is -0.825. The monoisotopic (exact) mass is 1200 g/mol. The van der Waals surface area contributed by atoms with Crippen molar-refractivity contribution in [2.24, 2.45) is 5.73 Å². The molecule has 0 aliphatic heterocycles. The number of nitrogens with two attached hydrogens (primary N) is 1. The van der Waals surface area contributed by atoms with Gasteiger partial charge >= 0.3 is 19.8 Å². The van der Waals surface area contributed by atoms with Crippen molar-refractivity contribution in [1.29, 1.82) is 0 Å². The van der Waals surface area contributed by atoms with Gasteiger partial charge in [0.25, 0.3) is 0 Å². The van der Waals surface area contributed by atoms with Gasteiger partial charge in [-0.05, 0) is 89.9 Å². The number of ether oxygens (including phenoxy) is 2. The molecule has 0 radical (unpaired) electrons. The summed E-state index contributed by atoms with van der Waals surface area (Å²) in [6.07, 6.45) is 97.1. The minimum Gasteiger partial charge on any atom is -0.462 e. The zero-order chi connectivity index (χ0) is 61.6. The maximum Gasteiger partial charge on any atom is 0.472 e. The van der Waals surface area contributed by atoms with Gasteiger partial charge in [-0.1, -0.05) is 328 Å². The number of esters is 2. The van der Waals surface area contributed by atoms with E-state index < -0.39 is 26.5 Å². The number of rotatable bonds is 65. The molecule has 0 bridgehead atoms. The maximum absolute atomic E-state index is 12.8. The Hall–Kier alpha value is -3.59. The van der Waals surface area contributed by atoms with Crippen LogP contribution in [0.15, 0.2) is 122 Å². The highest BCUT2D eigenvalue weighted by Gasteiger charge is 2.26. The van der Waals surface area contributed by atoms with Crippen LogP contribution in [-0.4, -0.2) is 49.3 Å². The average Bonchev–Trinajstić information content (AvgIpc) is 3.52. The average molecular weight is 1200 g/mol. The third kappa shape index (κ3) is 69.4. The van der Waals surface area contributed by atoms with Gasteiger partial charge in [-0.25, -0.2) is 4.57 Å². The number of hydrogen-bond donors (Lipinski definition) is 2. The number of unbranched alkanes of at least 4 members (excludes halogenated alkanes) is 32. The number of hydrogen-bond acceptors (Lipinski definition) is 8. The fourth-order valence-corrected chi connectivity index (χ4v) is 10.5. The SMILES string of the molecule is CC/C=C\C/C=C\C/C=C\C/C=C\C/C=C\C/C=C\C/C=C\C/C=C\C/C=C\C/C=C\CCCCCCCCCCCCC(=O)OC(COC(=O)CCCCCCCCCCCCCCCCCCCCCCCCC)COP(=O)(O)OCCN. The Bertz CT molecular complexity index is 1810. The van der Waals surface area contributed by atoms with E-state index in [1.165, 1.54) is 167 Å². The third-order valence-corrected chi connectivity index (χ3v) is 15.8. The van der Waals surface area contributed by atoms with Crippen molar-refractivity contribution in [1.82, 2.24) is 0 Å². The number of allylic oxidation sites excluding steroid dienone is 20. The van der Waals surface area contributed by atoms with Gasteiger partial charge in [0, 0.05) is 19.4 Å². The summed E-state index contributed by atoms with van der Waals surface area (Å²) in [5.41, 5.74) is 5.40. The van der Waals surface area contributed by atoms with Crippen molar-refractivity contribution in [2.45, 2.75) is 315 Å². The first kappa shape index (κ1) is 81.4. The van der Waals surface area contributed by atoms with Crippen LogP contribution in [-0.2, 0) is 32.7 Å². The normalized spacial score (nSPS) is 13.7. The predicted molar refractivity (Wildman–Crippen MR) is 367 cm³/mol. The highest BCUT2D eigenvalue weighted by atomic mass is 31.2. The zero-order valence-corrected chi connectivity index (χ0v) is 55.7. The molecule has 0 fully saturated rings. The van der Waals surface area contributed by atoms with E-state index in [-0.39, 0.29) is 38.6 Å². The summed E-state index contributed by atoms with van der Waals surface area (Å²) in [6, 6.07) is 0. The first-order chi connectivity index (χ1) is 41.8. The van der Waals surface area contributed by atoms with Crippen molar-refractivity contribution in [2.75, 3.05) is 26.4 Å². The van der Waals surface area contributed by atoms with Gasteiger partial charge in [-0.2, -0.15) is 0 Å². The maximum atomic E-state index is 12.8. The fourth-order valence-electron chi connectivity index (χ4n) is 9.73. The molecule has 10 heteroatoms. The smallest absolute Gasteiger partial charge is 0.462 e. The molecule has 0 rings (SSSR count). The standard InChI is InChI=1S/C75H130NO8P/c1-3-5-7-9-11-13-15-17-19-21-23-25-27-28-29-30-31-32-33-34-35-36-37-38-39-40-41-42-43-44-46-48-50-52-54-56-58-60-62-64-66-68-75(78)84-73(72-83-85(79,80)82-70-69-76)71-81-74(77)67-65-63-61-59-57-55-53-51-49-47-45-26-24-22-20-18-16-14-12-10-8-6-4-2/h5,7,11,13,17,19,23,25,28-29,31-32,34-35,37-38,40-41,43-44,73H,3-4,6,8-10,12,14-16,18,20-22,24,26-27,30,33,36,39,42,45-72,76H2,1-2H3,(H,79,80)/b7-5-,13-11-,19-17-,25-23-,29-28-,32-31-,35-34-,38-37-,41-40-,44-43-. The lowest BCUT2D eigenvalue weighted by molar-refractivity contribution is -0.161. The second-order valence-corrected chi connectivity index (χ2v) is 24.5. The molecule has 0 aromatic rings. The van der Waals surface area contributed by atoms with E-state index in [1.807, 2.05) is 0 Å². The van der Waals surface area contributed by atoms with Crippen LogP contribution in [0.5, 0.6) is 0 Å². The Morgan fingerprint density at radius 2 is 0.647 bits per heavy atom. The zero-order valence-electron chi connectivity index (χ0n) is 54.8. The van der Waals surface area contributed by atoms with Crippen LogP contribution in [0.1, 0.15) is 309 Å². The van der Waals surface area contributed by atoms with Crippen LogP contribution < -0.4 is 5.73 Å². The first-order valence-electron chi connectivity index (χ1n) is 35.0. The molecule has 0 saturated heterocycles. The summed E-state index contributed by atoms with van der Waals surface area (Å²) in [4.78, 5) is 35.3. The molecule has 0 saturated carbocycles. The minimum atomic E-state index is -4.40. The quantitative estimate of drug-likeness (QED) is 0.0264. The lowest BCUT2D eigenvalue weighted by Crippen LogP contribution is -2.29. The van der Waals surface area contributed by atoms with Crippen LogP contribution in [0.2, 0.25) is 0 Å². The van der Waals surface area contributed by atoms with Crippen molar-refractivity contribution in [3.05, 3.63) is 122 Å². The lowest BCUT2D eigenvalue weighted by atomic mass is 10.0. The molecule has 0 aromatic carbocycles. The van der Waals surface area contributed by atoms with Gasteiger partial charge in [0.2, 0.25) is 0 Å². The predicted octanol–water partition coefficient (Wildman–Crippen LogP) is 23.1. The topological polar surface area (TPSA) is 134 Å². The van der Waals surface area contributed by atoms with Crippen molar-refractivity contribution in [3.63, 3.8) is 0 Å². The van der Waals surface area contributed by atoms with Crippen molar-refractivity contribution >= 4 is 19.8 Å². The highest BCUT2D eigenvalue weighted by Crippen LogP contribution is 2.43. The Labute approximate surface area is 523 Å². The Morgan fingerprint density at radius 1 is 0.365 bits per heavy atom. The van der Waals surface area contributed by atoms with Gasteiger partial charge in [0.15, 0.2) is 6.10 Å². The van der Waals surface area contributed by atoms with E-state index in [2.05, 4.69) is 135 Å². The van der Waals surface area contributed by atoms with Crippen molar-refractivity contribution in [3.8, 4) is 0 Å². The molecule has 9 nitrogen and oxygen atoms in total.